The lowest BCUT2D eigenvalue weighted by molar-refractivity contribution is -0.127. The number of benzene rings is 1. The summed E-state index contributed by atoms with van der Waals surface area (Å²) in [5.74, 6) is 0.534. The van der Waals surface area contributed by atoms with E-state index in [1.807, 2.05) is 37.3 Å². The van der Waals surface area contributed by atoms with Gasteiger partial charge in [0.05, 0.1) is 13.2 Å². The van der Waals surface area contributed by atoms with Crippen LogP contribution in [-0.2, 0) is 9.53 Å². The molecule has 0 spiro atoms. The van der Waals surface area contributed by atoms with Crippen LogP contribution >= 0.6 is 0 Å². The van der Waals surface area contributed by atoms with Crippen molar-refractivity contribution in [3.63, 3.8) is 0 Å². The largest absolute Gasteiger partial charge is 0.481 e. The Morgan fingerprint density at radius 1 is 1.37 bits per heavy atom. The molecule has 0 aliphatic heterocycles. The van der Waals surface area contributed by atoms with E-state index in [1.54, 1.807) is 6.92 Å². The first-order chi connectivity index (χ1) is 9.09. The minimum atomic E-state index is -0.524. The lowest BCUT2D eigenvalue weighted by Crippen LogP contribution is -2.38. The van der Waals surface area contributed by atoms with Crippen molar-refractivity contribution in [3.8, 4) is 5.75 Å². The second-order valence-electron chi connectivity index (χ2n) is 4.37. The molecule has 0 saturated heterocycles. The van der Waals surface area contributed by atoms with Crippen LogP contribution < -0.4 is 10.1 Å². The quantitative estimate of drug-likeness (QED) is 0.577. The lowest BCUT2D eigenvalue weighted by Gasteiger charge is -2.14. The fourth-order valence-electron chi connectivity index (χ4n) is 1.39. The van der Waals surface area contributed by atoms with E-state index in [-0.39, 0.29) is 5.91 Å². The van der Waals surface area contributed by atoms with Gasteiger partial charge in [-0.1, -0.05) is 30.4 Å². The van der Waals surface area contributed by atoms with E-state index in [2.05, 4.69) is 11.9 Å². The van der Waals surface area contributed by atoms with Gasteiger partial charge in [-0.25, -0.2) is 0 Å². The number of ether oxygens (including phenoxy) is 2. The molecule has 0 radical (unpaired) electrons. The predicted molar refractivity (Wildman–Crippen MR) is 75.2 cm³/mol. The summed E-state index contributed by atoms with van der Waals surface area (Å²) < 4.78 is 10.8. The highest BCUT2D eigenvalue weighted by atomic mass is 16.5. The maximum atomic E-state index is 11.7. The minimum absolute atomic E-state index is 0.150. The van der Waals surface area contributed by atoms with Gasteiger partial charge >= 0.3 is 0 Å². The molecule has 1 N–H and O–H groups in total. The Morgan fingerprint density at radius 2 is 2.05 bits per heavy atom. The molecule has 4 heteroatoms. The molecule has 4 nitrogen and oxygen atoms in total. The van der Waals surface area contributed by atoms with Gasteiger partial charge in [0.15, 0.2) is 6.10 Å². The average molecular weight is 263 g/mol. The fraction of sp³-hybridized carbons (Fsp3) is 0.400. The van der Waals surface area contributed by atoms with E-state index in [1.165, 1.54) is 0 Å². The van der Waals surface area contributed by atoms with E-state index < -0.39 is 6.10 Å². The molecule has 0 saturated carbocycles. The highest BCUT2D eigenvalue weighted by Crippen LogP contribution is 2.10. The van der Waals surface area contributed by atoms with Gasteiger partial charge in [-0.3, -0.25) is 4.79 Å². The van der Waals surface area contributed by atoms with Crippen molar-refractivity contribution in [1.82, 2.24) is 5.32 Å². The van der Waals surface area contributed by atoms with Crippen molar-refractivity contribution in [2.45, 2.75) is 20.0 Å². The second-order valence-corrected chi connectivity index (χ2v) is 4.37. The topological polar surface area (TPSA) is 47.6 Å². The number of carbonyl (C=O) groups excluding carboxylic acids is 1. The molecule has 0 aliphatic carbocycles. The van der Waals surface area contributed by atoms with Crippen LogP contribution in [0.2, 0.25) is 0 Å². The Morgan fingerprint density at radius 3 is 2.68 bits per heavy atom. The van der Waals surface area contributed by atoms with Crippen LogP contribution in [0.5, 0.6) is 5.75 Å². The van der Waals surface area contributed by atoms with Crippen LogP contribution in [0.25, 0.3) is 0 Å². The van der Waals surface area contributed by atoms with Crippen molar-refractivity contribution < 1.29 is 14.3 Å². The molecule has 0 fully saturated rings. The first kappa shape index (κ1) is 15.2. The van der Waals surface area contributed by atoms with E-state index in [4.69, 9.17) is 9.47 Å². The Hall–Kier alpha value is -1.81. The fourth-order valence-corrected chi connectivity index (χ4v) is 1.39. The molecule has 0 aromatic heterocycles. The monoisotopic (exact) mass is 263 g/mol. The van der Waals surface area contributed by atoms with Crippen LogP contribution in [0, 0.1) is 0 Å². The maximum Gasteiger partial charge on any atom is 0.260 e. The zero-order chi connectivity index (χ0) is 14.1. The molecular weight excluding hydrogens is 242 g/mol. The summed E-state index contributed by atoms with van der Waals surface area (Å²) in [4.78, 5) is 11.7. The molecule has 1 aromatic carbocycles. The Labute approximate surface area is 114 Å². The first-order valence-electron chi connectivity index (χ1n) is 6.31. The van der Waals surface area contributed by atoms with Gasteiger partial charge in [-0.05, 0) is 26.0 Å². The molecule has 1 rings (SSSR count). The summed E-state index contributed by atoms with van der Waals surface area (Å²) >= 11 is 0. The molecule has 0 bridgehead atoms. The normalized spacial score (nSPS) is 11.7. The van der Waals surface area contributed by atoms with Crippen molar-refractivity contribution >= 4 is 5.91 Å². The zero-order valence-electron chi connectivity index (χ0n) is 11.5. The molecule has 1 aromatic rings. The van der Waals surface area contributed by atoms with Crippen molar-refractivity contribution in [3.05, 3.63) is 42.5 Å². The predicted octanol–water partition coefficient (Wildman–Crippen LogP) is 2.16. The molecule has 0 heterocycles. The summed E-state index contributed by atoms with van der Waals surface area (Å²) in [6.07, 6.45) is -0.524. The van der Waals surface area contributed by atoms with Crippen molar-refractivity contribution in [2.24, 2.45) is 0 Å². The summed E-state index contributed by atoms with van der Waals surface area (Å²) in [6.45, 7) is 8.80. The van der Waals surface area contributed by atoms with Gasteiger partial charge < -0.3 is 14.8 Å². The highest BCUT2D eigenvalue weighted by Gasteiger charge is 2.13. The first-order valence-corrected chi connectivity index (χ1v) is 6.31. The SMILES string of the molecule is C=C(C)COCCNC(=O)C(C)Oc1ccccc1. The molecule has 1 atom stereocenters. The van der Waals surface area contributed by atoms with E-state index >= 15 is 0 Å². The smallest absolute Gasteiger partial charge is 0.260 e. The average Bonchev–Trinajstić information content (AvgIpc) is 2.38. The Balaban J connectivity index is 2.20. The summed E-state index contributed by atoms with van der Waals surface area (Å²) in [7, 11) is 0. The lowest BCUT2D eigenvalue weighted by atomic mass is 10.3. The third-order valence-electron chi connectivity index (χ3n) is 2.32. The number of para-hydroxylation sites is 1. The number of carbonyl (C=O) groups is 1. The van der Waals surface area contributed by atoms with Gasteiger partial charge in [0.2, 0.25) is 0 Å². The number of hydrogen-bond donors (Lipinski definition) is 1. The van der Waals surface area contributed by atoms with Crippen LogP contribution in [0.4, 0.5) is 0 Å². The van der Waals surface area contributed by atoms with Crippen LogP contribution in [0.1, 0.15) is 13.8 Å². The number of nitrogens with one attached hydrogen (secondary N) is 1. The molecular formula is C15H21NO3. The zero-order valence-corrected chi connectivity index (χ0v) is 11.5. The number of amides is 1. The second kappa shape index (κ2) is 8.32. The molecule has 19 heavy (non-hydrogen) atoms. The highest BCUT2D eigenvalue weighted by molar-refractivity contribution is 5.80. The number of hydrogen-bond acceptors (Lipinski definition) is 3. The standard InChI is InChI=1S/C15H21NO3/c1-12(2)11-18-10-9-16-15(17)13(3)19-14-7-5-4-6-8-14/h4-8,13H,1,9-11H2,2-3H3,(H,16,17). The summed E-state index contributed by atoms with van der Waals surface area (Å²) in [6, 6.07) is 9.27. The third-order valence-corrected chi connectivity index (χ3v) is 2.32. The Bertz CT molecular complexity index is 403. The van der Waals surface area contributed by atoms with E-state index in [0.29, 0.717) is 25.5 Å². The van der Waals surface area contributed by atoms with E-state index in [0.717, 1.165) is 5.57 Å². The van der Waals surface area contributed by atoms with Gasteiger partial charge in [0.25, 0.3) is 5.91 Å². The van der Waals surface area contributed by atoms with Crippen LogP contribution in [0.3, 0.4) is 0 Å². The maximum absolute atomic E-state index is 11.7. The summed E-state index contributed by atoms with van der Waals surface area (Å²) in [5.41, 5.74) is 0.965. The van der Waals surface area contributed by atoms with Gasteiger partial charge in [-0.2, -0.15) is 0 Å². The molecule has 0 aliphatic rings. The molecule has 104 valence electrons. The van der Waals surface area contributed by atoms with E-state index in [9.17, 15) is 4.79 Å². The van der Waals surface area contributed by atoms with Gasteiger partial charge in [-0.15, -0.1) is 0 Å². The van der Waals surface area contributed by atoms with Crippen molar-refractivity contribution in [1.29, 1.82) is 0 Å². The molecule has 1 amide bonds. The van der Waals surface area contributed by atoms with Crippen LogP contribution in [0.15, 0.2) is 42.5 Å². The minimum Gasteiger partial charge on any atom is -0.481 e. The third kappa shape index (κ3) is 6.62. The Kier molecular flexibility index (Phi) is 6.68. The summed E-state index contributed by atoms with van der Waals surface area (Å²) in [5, 5.41) is 2.76. The van der Waals surface area contributed by atoms with Gasteiger partial charge in [0.1, 0.15) is 5.75 Å². The van der Waals surface area contributed by atoms with Gasteiger partial charge in [0, 0.05) is 6.54 Å². The van der Waals surface area contributed by atoms with Crippen LogP contribution in [-0.4, -0.2) is 31.8 Å². The number of rotatable bonds is 8. The molecule has 1 unspecified atom stereocenters. The van der Waals surface area contributed by atoms with Crippen molar-refractivity contribution in [2.75, 3.05) is 19.8 Å².